The molecule has 0 amide bonds. The molecule has 0 atom stereocenters. The lowest BCUT2D eigenvalue weighted by Crippen LogP contribution is -2.26. The van der Waals surface area contributed by atoms with Crippen LogP contribution in [0, 0.1) is 12.8 Å². The number of nitrogens with one attached hydrogen (secondary N) is 1. The van der Waals surface area contributed by atoms with Gasteiger partial charge >= 0.3 is 5.97 Å². The van der Waals surface area contributed by atoms with E-state index in [1.807, 2.05) is 18.7 Å². The summed E-state index contributed by atoms with van der Waals surface area (Å²) in [6.45, 7) is 5.55. The summed E-state index contributed by atoms with van der Waals surface area (Å²) in [5, 5.41) is 8.97. The summed E-state index contributed by atoms with van der Waals surface area (Å²) in [7, 11) is -3.93. The number of hydrogen-bond donors (Lipinski definition) is 2. The molecular formula is C12H16BrNO5S. The highest BCUT2D eigenvalue weighted by Gasteiger charge is 2.21. The fourth-order valence-electron chi connectivity index (χ4n) is 1.38. The second-order valence-electron chi connectivity index (χ2n) is 4.68. The van der Waals surface area contributed by atoms with E-state index in [4.69, 9.17) is 9.94 Å². The third kappa shape index (κ3) is 4.27. The van der Waals surface area contributed by atoms with Gasteiger partial charge in [-0.2, -0.15) is 0 Å². The zero-order valence-corrected chi connectivity index (χ0v) is 13.7. The Morgan fingerprint density at radius 2 is 2.05 bits per heavy atom. The van der Waals surface area contributed by atoms with E-state index >= 15 is 0 Å². The average molecular weight is 366 g/mol. The molecule has 0 fully saturated rings. The van der Waals surface area contributed by atoms with Crippen LogP contribution in [0.15, 0.2) is 21.5 Å². The van der Waals surface area contributed by atoms with E-state index in [2.05, 4.69) is 15.9 Å². The van der Waals surface area contributed by atoms with Gasteiger partial charge in [0.25, 0.3) is 10.0 Å². The largest absolute Gasteiger partial charge is 0.478 e. The van der Waals surface area contributed by atoms with Crippen molar-refractivity contribution in [2.75, 3.05) is 6.61 Å². The number of carboxylic acids is 1. The molecule has 8 heteroatoms. The van der Waals surface area contributed by atoms with Crippen molar-refractivity contribution in [3.8, 4) is 0 Å². The number of carbonyl (C=O) groups is 1. The van der Waals surface area contributed by atoms with Crippen molar-refractivity contribution in [3.63, 3.8) is 0 Å². The fourth-order valence-corrected chi connectivity index (χ4v) is 3.08. The number of carboxylic acid groups (broad SMARTS) is 1. The minimum Gasteiger partial charge on any atom is -0.478 e. The van der Waals surface area contributed by atoms with Crippen LogP contribution in [-0.4, -0.2) is 26.1 Å². The van der Waals surface area contributed by atoms with Crippen molar-refractivity contribution in [2.45, 2.75) is 25.7 Å². The number of halogens is 1. The lowest BCUT2D eigenvalue weighted by Gasteiger charge is -2.12. The maximum atomic E-state index is 12.1. The van der Waals surface area contributed by atoms with Gasteiger partial charge in [0.05, 0.1) is 17.1 Å². The minimum atomic E-state index is -3.93. The van der Waals surface area contributed by atoms with Gasteiger partial charge in [0, 0.05) is 4.47 Å². The first-order valence-corrected chi connectivity index (χ1v) is 8.09. The summed E-state index contributed by atoms with van der Waals surface area (Å²) in [5.74, 6) is -1.04. The normalized spacial score (nSPS) is 11.8. The molecule has 20 heavy (non-hydrogen) atoms. The molecule has 6 nitrogen and oxygen atoms in total. The molecule has 0 aliphatic carbocycles. The van der Waals surface area contributed by atoms with E-state index < -0.39 is 16.0 Å². The van der Waals surface area contributed by atoms with Gasteiger partial charge < -0.3 is 5.11 Å². The van der Waals surface area contributed by atoms with Crippen LogP contribution in [0.5, 0.6) is 0 Å². The molecule has 0 bridgehead atoms. The van der Waals surface area contributed by atoms with E-state index in [9.17, 15) is 13.2 Å². The maximum Gasteiger partial charge on any atom is 0.335 e. The maximum absolute atomic E-state index is 12.1. The lowest BCUT2D eigenvalue weighted by atomic mass is 10.1. The topological polar surface area (TPSA) is 92.7 Å². The first kappa shape index (κ1) is 17.1. The van der Waals surface area contributed by atoms with Crippen LogP contribution in [0.4, 0.5) is 0 Å². The standard InChI is InChI=1S/C12H16BrNO5S/c1-7(2)6-19-14-20(17,18)11-5-9(12(15)16)4-10(13)8(11)3/h4-5,7,14H,6H2,1-3H3,(H,15,16). The van der Waals surface area contributed by atoms with Crippen LogP contribution in [-0.2, 0) is 14.9 Å². The number of aromatic carboxylic acids is 1. The van der Waals surface area contributed by atoms with E-state index in [1.165, 1.54) is 6.07 Å². The first-order valence-electron chi connectivity index (χ1n) is 5.82. The van der Waals surface area contributed by atoms with Crippen LogP contribution in [0.1, 0.15) is 29.8 Å². The van der Waals surface area contributed by atoms with Crippen LogP contribution in [0.25, 0.3) is 0 Å². The summed E-state index contributed by atoms with van der Waals surface area (Å²) >= 11 is 3.15. The Morgan fingerprint density at radius 3 is 2.55 bits per heavy atom. The quantitative estimate of drug-likeness (QED) is 0.754. The van der Waals surface area contributed by atoms with Crippen molar-refractivity contribution in [1.29, 1.82) is 0 Å². The molecule has 2 N–H and O–H groups in total. The third-order valence-corrected chi connectivity index (χ3v) is 4.58. The monoisotopic (exact) mass is 365 g/mol. The van der Waals surface area contributed by atoms with E-state index in [0.717, 1.165) is 6.07 Å². The highest BCUT2D eigenvalue weighted by atomic mass is 79.9. The predicted octanol–water partition coefficient (Wildman–Crippen LogP) is 2.32. The Kier molecular flexibility index (Phi) is 5.69. The SMILES string of the molecule is Cc1c(Br)cc(C(=O)O)cc1S(=O)(=O)NOCC(C)C. The van der Waals surface area contributed by atoms with Crippen molar-refractivity contribution in [1.82, 2.24) is 4.89 Å². The number of sulfonamides is 1. The number of rotatable bonds is 6. The molecule has 0 saturated carbocycles. The molecule has 0 unspecified atom stereocenters. The Labute approximate surface area is 126 Å². The molecule has 1 aromatic carbocycles. The average Bonchev–Trinajstić information content (AvgIpc) is 2.31. The summed E-state index contributed by atoms with van der Waals surface area (Å²) in [5.41, 5.74) is 0.294. The van der Waals surface area contributed by atoms with E-state index in [0.29, 0.717) is 10.0 Å². The number of hydrogen-bond acceptors (Lipinski definition) is 4. The van der Waals surface area contributed by atoms with Crippen LogP contribution in [0.2, 0.25) is 0 Å². The third-order valence-electron chi connectivity index (χ3n) is 2.42. The molecule has 0 aliphatic heterocycles. The minimum absolute atomic E-state index is 0.119. The fraction of sp³-hybridized carbons (Fsp3) is 0.417. The Hall–Kier alpha value is -0.960. The molecule has 0 spiro atoms. The van der Waals surface area contributed by atoms with Gasteiger partial charge in [-0.1, -0.05) is 34.7 Å². The molecule has 112 valence electrons. The molecule has 0 radical (unpaired) electrons. The molecule has 0 aliphatic rings. The Morgan fingerprint density at radius 1 is 1.45 bits per heavy atom. The van der Waals surface area contributed by atoms with Gasteiger partial charge in [-0.25, -0.2) is 13.2 Å². The second-order valence-corrected chi connectivity index (χ2v) is 7.15. The van der Waals surface area contributed by atoms with Crippen molar-refractivity contribution < 1.29 is 23.2 Å². The molecule has 0 aromatic heterocycles. The summed E-state index contributed by atoms with van der Waals surface area (Å²) in [6.07, 6.45) is 0. The predicted molar refractivity (Wildman–Crippen MR) is 76.9 cm³/mol. The van der Waals surface area contributed by atoms with Crippen LogP contribution in [0.3, 0.4) is 0 Å². The van der Waals surface area contributed by atoms with Crippen LogP contribution < -0.4 is 4.89 Å². The Bertz CT molecular complexity index is 613. The molecule has 0 saturated heterocycles. The zero-order chi connectivity index (χ0) is 15.5. The van der Waals surface area contributed by atoms with Gasteiger partial charge in [0.15, 0.2) is 0 Å². The van der Waals surface area contributed by atoms with E-state index in [-0.39, 0.29) is 23.0 Å². The van der Waals surface area contributed by atoms with Gasteiger partial charge in [0.2, 0.25) is 0 Å². The van der Waals surface area contributed by atoms with Crippen molar-refractivity contribution in [3.05, 3.63) is 27.7 Å². The number of benzene rings is 1. The molecule has 1 rings (SSSR count). The van der Waals surface area contributed by atoms with Gasteiger partial charge in [-0.15, -0.1) is 0 Å². The summed E-state index contributed by atoms with van der Waals surface area (Å²) in [6, 6.07) is 2.45. The smallest absolute Gasteiger partial charge is 0.335 e. The zero-order valence-electron chi connectivity index (χ0n) is 11.3. The molecular weight excluding hydrogens is 350 g/mol. The van der Waals surface area contributed by atoms with Crippen molar-refractivity contribution >= 4 is 31.9 Å². The summed E-state index contributed by atoms with van der Waals surface area (Å²) < 4.78 is 24.6. The Balaban J connectivity index is 3.14. The van der Waals surface area contributed by atoms with Crippen molar-refractivity contribution in [2.24, 2.45) is 5.92 Å². The summed E-state index contributed by atoms with van der Waals surface area (Å²) in [4.78, 5) is 17.8. The van der Waals surface area contributed by atoms with Crippen LogP contribution >= 0.6 is 15.9 Å². The van der Waals surface area contributed by atoms with Gasteiger partial charge in [-0.05, 0) is 30.5 Å². The molecule has 0 heterocycles. The first-order chi connectivity index (χ1) is 9.15. The van der Waals surface area contributed by atoms with Gasteiger partial charge in [-0.3, -0.25) is 4.84 Å². The lowest BCUT2D eigenvalue weighted by molar-refractivity contribution is 0.0695. The van der Waals surface area contributed by atoms with E-state index in [1.54, 1.807) is 6.92 Å². The second kappa shape index (κ2) is 6.66. The highest BCUT2D eigenvalue weighted by Crippen LogP contribution is 2.25. The molecule has 1 aromatic rings. The van der Waals surface area contributed by atoms with Gasteiger partial charge in [0.1, 0.15) is 0 Å². The highest BCUT2D eigenvalue weighted by molar-refractivity contribution is 9.10.